The third-order valence-corrected chi connectivity index (χ3v) is 5.86. The Hall–Kier alpha value is -3.39. The second-order valence-corrected chi connectivity index (χ2v) is 8.11. The van der Waals surface area contributed by atoms with Crippen molar-refractivity contribution < 1.29 is 0 Å². The molecule has 0 spiro atoms. The molecule has 0 saturated heterocycles. The summed E-state index contributed by atoms with van der Waals surface area (Å²) in [5, 5.41) is 3.50. The lowest BCUT2D eigenvalue weighted by Gasteiger charge is -2.20. The highest BCUT2D eigenvalue weighted by molar-refractivity contribution is 9.10. The van der Waals surface area contributed by atoms with E-state index < -0.39 is 11.2 Å². The minimum absolute atomic E-state index is 0.208. The molecule has 31 heavy (non-hydrogen) atoms. The van der Waals surface area contributed by atoms with E-state index in [1.165, 1.54) is 13.7 Å². The molecule has 158 valence electrons. The van der Waals surface area contributed by atoms with Crippen molar-refractivity contribution in [3.8, 4) is 5.69 Å². The van der Waals surface area contributed by atoms with Gasteiger partial charge in [0.25, 0.3) is 11.1 Å². The third kappa shape index (κ3) is 3.42. The Morgan fingerprint density at radius 1 is 0.935 bits per heavy atom. The van der Waals surface area contributed by atoms with Crippen LogP contribution in [0.2, 0.25) is 0 Å². The highest BCUT2D eigenvalue weighted by Gasteiger charge is 2.22. The smallest absolute Gasteiger partial charge is 0.336 e. The number of hydrogen-bond acceptors (Lipinski definition) is 4. The molecule has 0 atom stereocenters. The second kappa shape index (κ2) is 8.03. The molecule has 2 heterocycles. The summed E-state index contributed by atoms with van der Waals surface area (Å²) in [6, 6.07) is 16.4. The van der Waals surface area contributed by atoms with Gasteiger partial charge >= 0.3 is 5.69 Å². The first-order chi connectivity index (χ1) is 14.8. The van der Waals surface area contributed by atoms with Crippen molar-refractivity contribution in [2.45, 2.75) is 20.4 Å². The van der Waals surface area contributed by atoms with Crippen molar-refractivity contribution in [1.29, 1.82) is 0 Å². The molecule has 0 amide bonds. The molecule has 4 aromatic rings. The minimum Gasteiger partial charge on any atom is -0.341 e. The lowest BCUT2D eigenvalue weighted by atomic mass is 10.1. The molecule has 2 aromatic heterocycles. The Labute approximate surface area is 186 Å². The van der Waals surface area contributed by atoms with E-state index in [1.54, 1.807) is 33.0 Å². The molecule has 0 fully saturated rings. The van der Waals surface area contributed by atoms with Crippen LogP contribution in [0.15, 0.2) is 73.5 Å². The fraction of sp³-hybridized carbons (Fsp3) is 0.174. The van der Waals surface area contributed by atoms with Crippen molar-refractivity contribution >= 4 is 38.3 Å². The molecule has 0 aliphatic heterocycles. The Morgan fingerprint density at radius 3 is 2.19 bits per heavy atom. The van der Waals surface area contributed by atoms with Crippen molar-refractivity contribution in [3.05, 3.63) is 95.8 Å². The van der Waals surface area contributed by atoms with Crippen LogP contribution in [-0.4, -0.2) is 13.7 Å². The number of pyridine rings is 1. The molecule has 0 bridgehead atoms. The number of halogens is 1. The van der Waals surface area contributed by atoms with Crippen LogP contribution in [0.4, 0.5) is 11.5 Å². The van der Waals surface area contributed by atoms with Crippen LogP contribution in [0.1, 0.15) is 12.5 Å². The van der Waals surface area contributed by atoms with Crippen LogP contribution in [0.3, 0.4) is 0 Å². The Morgan fingerprint density at radius 2 is 1.58 bits per heavy atom. The van der Waals surface area contributed by atoms with Gasteiger partial charge in [0.15, 0.2) is 0 Å². The van der Waals surface area contributed by atoms with Crippen molar-refractivity contribution in [2.24, 2.45) is 7.05 Å². The first-order valence-electron chi connectivity index (χ1n) is 9.82. The number of anilines is 2. The molecule has 0 aliphatic rings. The zero-order valence-electron chi connectivity index (χ0n) is 17.3. The zero-order valence-corrected chi connectivity index (χ0v) is 18.9. The molecule has 0 saturated carbocycles. The number of fused-ring (bicyclic) bond motifs is 1. The predicted octanol–water partition coefficient (Wildman–Crippen LogP) is 3.69. The maximum Gasteiger partial charge on any atom is 0.336 e. The predicted molar refractivity (Wildman–Crippen MR) is 127 cm³/mol. The molecule has 7 nitrogen and oxygen atoms in total. The van der Waals surface area contributed by atoms with Crippen LogP contribution in [-0.2, 0) is 13.6 Å². The molecule has 4 rings (SSSR count). The third-order valence-electron chi connectivity index (χ3n) is 5.33. The summed E-state index contributed by atoms with van der Waals surface area (Å²) >= 11 is 3.41. The van der Waals surface area contributed by atoms with Crippen molar-refractivity contribution in [3.63, 3.8) is 0 Å². The van der Waals surface area contributed by atoms with Crippen LogP contribution in [0.5, 0.6) is 0 Å². The molecular weight excluding hydrogens is 460 g/mol. The SMILES string of the molecule is CCn1c(=O)c2c(Nc3ccc(Br)cc3)n(C)c(=O)c(C)c2n(-c2ccccc2)c1=O. The lowest BCUT2D eigenvalue weighted by molar-refractivity contribution is 0.659. The first-order valence-corrected chi connectivity index (χ1v) is 10.6. The maximum atomic E-state index is 13.4. The van der Waals surface area contributed by atoms with Crippen LogP contribution in [0, 0.1) is 6.92 Å². The fourth-order valence-electron chi connectivity index (χ4n) is 3.75. The van der Waals surface area contributed by atoms with E-state index in [4.69, 9.17) is 0 Å². The Bertz CT molecular complexity index is 1470. The highest BCUT2D eigenvalue weighted by Crippen LogP contribution is 2.26. The van der Waals surface area contributed by atoms with Gasteiger partial charge in [-0.1, -0.05) is 34.1 Å². The van der Waals surface area contributed by atoms with Gasteiger partial charge in [0.05, 0.1) is 11.2 Å². The van der Waals surface area contributed by atoms with E-state index >= 15 is 0 Å². The zero-order chi connectivity index (χ0) is 22.3. The topological polar surface area (TPSA) is 78.0 Å². The van der Waals surface area contributed by atoms with Gasteiger partial charge in [-0.15, -0.1) is 0 Å². The molecule has 1 N–H and O–H groups in total. The number of nitrogens with zero attached hydrogens (tertiary/aromatic N) is 3. The van der Waals surface area contributed by atoms with E-state index in [2.05, 4.69) is 21.2 Å². The van der Waals surface area contributed by atoms with Gasteiger partial charge in [-0.2, -0.15) is 0 Å². The van der Waals surface area contributed by atoms with E-state index in [-0.39, 0.29) is 17.5 Å². The van der Waals surface area contributed by atoms with Gasteiger partial charge in [-0.25, -0.2) is 4.79 Å². The summed E-state index contributed by atoms with van der Waals surface area (Å²) in [6.45, 7) is 3.60. The minimum atomic E-state index is -0.475. The van der Waals surface area contributed by atoms with Crippen LogP contribution < -0.4 is 22.1 Å². The summed E-state index contributed by atoms with van der Waals surface area (Å²) in [6.07, 6.45) is 0. The van der Waals surface area contributed by atoms with E-state index in [0.717, 1.165) is 4.47 Å². The van der Waals surface area contributed by atoms with E-state index in [0.29, 0.717) is 28.3 Å². The van der Waals surface area contributed by atoms with Gasteiger partial charge in [0.1, 0.15) is 11.2 Å². The number of hydrogen-bond donors (Lipinski definition) is 1. The lowest BCUT2D eigenvalue weighted by Crippen LogP contribution is -2.41. The average Bonchev–Trinajstić information content (AvgIpc) is 2.77. The summed E-state index contributed by atoms with van der Waals surface area (Å²) in [5.74, 6) is 0.338. The van der Waals surface area contributed by atoms with Gasteiger partial charge in [-0.05, 0) is 50.2 Å². The summed E-state index contributed by atoms with van der Waals surface area (Å²) < 4.78 is 4.96. The summed E-state index contributed by atoms with van der Waals surface area (Å²) in [5.41, 5.74) is 0.748. The number of para-hydroxylation sites is 1. The quantitative estimate of drug-likeness (QED) is 0.483. The number of aromatic nitrogens is 3. The monoisotopic (exact) mass is 480 g/mol. The summed E-state index contributed by atoms with van der Waals surface area (Å²) in [4.78, 5) is 39.8. The number of benzene rings is 2. The molecule has 0 radical (unpaired) electrons. The van der Waals surface area contributed by atoms with Crippen molar-refractivity contribution in [1.82, 2.24) is 13.7 Å². The molecule has 0 unspecified atom stereocenters. The van der Waals surface area contributed by atoms with Gasteiger partial charge < -0.3 is 5.32 Å². The standard InChI is InChI=1S/C23H21BrN4O3/c1-4-27-22(30)18-19(28(23(27)31)17-8-6-5-7-9-17)14(2)21(29)26(3)20(18)25-16-12-10-15(24)11-13-16/h5-13,25H,4H2,1-3H3. The normalized spacial score (nSPS) is 11.1. The van der Waals surface area contributed by atoms with E-state index in [1.807, 2.05) is 42.5 Å². The Balaban J connectivity index is 2.20. The number of aryl methyl sites for hydroxylation is 1. The van der Waals surface area contributed by atoms with E-state index in [9.17, 15) is 14.4 Å². The first kappa shape index (κ1) is 20.9. The maximum absolute atomic E-state index is 13.4. The summed E-state index contributed by atoms with van der Waals surface area (Å²) in [7, 11) is 1.61. The number of rotatable bonds is 4. The fourth-order valence-corrected chi connectivity index (χ4v) is 4.02. The highest BCUT2D eigenvalue weighted by atomic mass is 79.9. The molecule has 8 heteroatoms. The molecule has 2 aromatic carbocycles. The number of nitrogens with one attached hydrogen (secondary N) is 1. The van der Waals surface area contributed by atoms with Gasteiger partial charge in [0.2, 0.25) is 0 Å². The van der Waals surface area contributed by atoms with Gasteiger partial charge in [0, 0.05) is 29.3 Å². The van der Waals surface area contributed by atoms with Crippen LogP contribution >= 0.6 is 15.9 Å². The molecular formula is C23H21BrN4O3. The van der Waals surface area contributed by atoms with Crippen LogP contribution in [0.25, 0.3) is 16.6 Å². The molecule has 0 aliphatic carbocycles. The van der Waals surface area contributed by atoms with Crippen molar-refractivity contribution in [2.75, 3.05) is 5.32 Å². The Kier molecular flexibility index (Phi) is 5.41. The second-order valence-electron chi connectivity index (χ2n) is 7.20. The largest absolute Gasteiger partial charge is 0.341 e. The van der Waals surface area contributed by atoms with Gasteiger partial charge in [-0.3, -0.25) is 23.3 Å². The average molecular weight is 481 g/mol.